The molecule has 1 saturated carbocycles. The molecule has 2 N–H and O–H groups in total. The molecule has 4 nitrogen and oxygen atoms in total. The molecular formula is C24H31N3O. The van der Waals surface area contributed by atoms with Gasteiger partial charge >= 0.3 is 0 Å². The number of rotatable bonds is 7. The van der Waals surface area contributed by atoms with Crippen LogP contribution in [0.3, 0.4) is 0 Å². The Morgan fingerprint density at radius 1 is 0.929 bits per heavy atom. The van der Waals surface area contributed by atoms with Crippen molar-refractivity contribution in [3.63, 3.8) is 0 Å². The first-order chi connectivity index (χ1) is 13.8. The molecule has 28 heavy (non-hydrogen) atoms. The number of benzene rings is 2. The van der Waals surface area contributed by atoms with Crippen LogP contribution in [-0.2, 0) is 6.42 Å². The summed E-state index contributed by atoms with van der Waals surface area (Å²) >= 11 is 0. The monoisotopic (exact) mass is 377 g/mol. The molecular weight excluding hydrogens is 346 g/mol. The van der Waals surface area contributed by atoms with Gasteiger partial charge in [0.15, 0.2) is 5.96 Å². The standard InChI is InChI=1S/C24H31N3O/c1-2-4-19(5-3-1)14-17-28-23-12-8-21(9-13-23)18-20-6-10-22(11-7-20)27-24-25-15-16-26-24/h6-13,19H,1-5,14-18H2,(H2,25,26,27). The highest BCUT2D eigenvalue weighted by Crippen LogP contribution is 2.26. The molecule has 1 heterocycles. The summed E-state index contributed by atoms with van der Waals surface area (Å²) in [5, 5.41) is 6.53. The number of hydrogen-bond donors (Lipinski definition) is 2. The predicted octanol–water partition coefficient (Wildman–Crippen LogP) is 5.00. The maximum atomic E-state index is 5.97. The van der Waals surface area contributed by atoms with E-state index in [4.69, 9.17) is 4.74 Å². The molecule has 2 aromatic rings. The maximum Gasteiger partial charge on any atom is 0.195 e. The number of guanidine groups is 1. The lowest BCUT2D eigenvalue weighted by Crippen LogP contribution is -2.26. The molecule has 2 aliphatic rings. The third-order valence-corrected chi connectivity index (χ3v) is 5.74. The van der Waals surface area contributed by atoms with Crippen LogP contribution in [0.4, 0.5) is 5.69 Å². The quantitative estimate of drug-likeness (QED) is 0.714. The van der Waals surface area contributed by atoms with Gasteiger partial charge in [0.25, 0.3) is 0 Å². The third-order valence-electron chi connectivity index (χ3n) is 5.74. The summed E-state index contributed by atoms with van der Waals surface area (Å²) in [6.07, 6.45) is 9.14. The number of aliphatic imine (C=N–C) groups is 1. The molecule has 0 saturated heterocycles. The third kappa shape index (κ3) is 5.51. The second kappa shape index (κ2) is 9.63. The van der Waals surface area contributed by atoms with Crippen LogP contribution < -0.4 is 15.4 Å². The van der Waals surface area contributed by atoms with Crippen molar-refractivity contribution in [2.24, 2.45) is 10.9 Å². The fourth-order valence-corrected chi connectivity index (χ4v) is 4.08. The first-order valence-electron chi connectivity index (χ1n) is 10.7. The van der Waals surface area contributed by atoms with Gasteiger partial charge in [0, 0.05) is 12.2 Å². The van der Waals surface area contributed by atoms with Gasteiger partial charge in [-0.2, -0.15) is 0 Å². The molecule has 1 aliphatic carbocycles. The fourth-order valence-electron chi connectivity index (χ4n) is 4.08. The van der Waals surface area contributed by atoms with Crippen LogP contribution in [0.5, 0.6) is 5.75 Å². The molecule has 0 amide bonds. The summed E-state index contributed by atoms with van der Waals surface area (Å²) in [4.78, 5) is 4.36. The Hall–Kier alpha value is -2.49. The molecule has 0 spiro atoms. The second-order valence-electron chi connectivity index (χ2n) is 7.94. The Balaban J connectivity index is 1.23. The fraction of sp³-hybridized carbons (Fsp3) is 0.458. The van der Waals surface area contributed by atoms with Crippen molar-refractivity contribution < 1.29 is 4.74 Å². The number of nitrogens with zero attached hydrogens (tertiary/aromatic N) is 1. The molecule has 1 fully saturated rings. The summed E-state index contributed by atoms with van der Waals surface area (Å²) in [6.45, 7) is 2.61. The van der Waals surface area contributed by atoms with Crippen molar-refractivity contribution in [3.8, 4) is 5.75 Å². The molecule has 0 aromatic heterocycles. The van der Waals surface area contributed by atoms with E-state index in [-0.39, 0.29) is 0 Å². The number of ether oxygens (including phenoxy) is 1. The average molecular weight is 378 g/mol. The SMILES string of the molecule is c1cc(NC2=NCCN2)ccc1Cc1ccc(OCCC2CCCCC2)cc1. The van der Waals surface area contributed by atoms with Gasteiger partial charge in [0.1, 0.15) is 5.75 Å². The van der Waals surface area contributed by atoms with Gasteiger partial charge in [0.2, 0.25) is 0 Å². The van der Waals surface area contributed by atoms with Gasteiger partial charge in [-0.05, 0) is 54.2 Å². The Morgan fingerprint density at radius 3 is 2.32 bits per heavy atom. The van der Waals surface area contributed by atoms with E-state index in [1.165, 1.54) is 49.7 Å². The van der Waals surface area contributed by atoms with E-state index in [2.05, 4.69) is 64.2 Å². The zero-order valence-corrected chi connectivity index (χ0v) is 16.6. The van der Waals surface area contributed by atoms with Crippen molar-refractivity contribution in [1.82, 2.24) is 5.32 Å². The van der Waals surface area contributed by atoms with Crippen molar-refractivity contribution in [3.05, 3.63) is 59.7 Å². The zero-order chi connectivity index (χ0) is 19.0. The molecule has 0 radical (unpaired) electrons. The second-order valence-corrected chi connectivity index (χ2v) is 7.94. The molecule has 148 valence electrons. The van der Waals surface area contributed by atoms with Crippen LogP contribution in [0, 0.1) is 5.92 Å². The van der Waals surface area contributed by atoms with Crippen molar-refractivity contribution in [1.29, 1.82) is 0 Å². The predicted molar refractivity (Wildman–Crippen MR) is 116 cm³/mol. The summed E-state index contributed by atoms with van der Waals surface area (Å²) in [7, 11) is 0. The molecule has 2 aromatic carbocycles. The zero-order valence-electron chi connectivity index (χ0n) is 16.6. The molecule has 1 aliphatic heterocycles. The molecule has 4 rings (SSSR count). The summed E-state index contributed by atoms with van der Waals surface area (Å²) in [6, 6.07) is 17.1. The van der Waals surface area contributed by atoms with Gasteiger partial charge in [0.05, 0.1) is 13.2 Å². The van der Waals surface area contributed by atoms with E-state index < -0.39 is 0 Å². The van der Waals surface area contributed by atoms with E-state index in [0.717, 1.165) is 49.4 Å². The van der Waals surface area contributed by atoms with Gasteiger partial charge < -0.3 is 15.4 Å². The highest BCUT2D eigenvalue weighted by molar-refractivity contribution is 5.94. The molecule has 0 unspecified atom stereocenters. The van der Waals surface area contributed by atoms with Crippen LogP contribution >= 0.6 is 0 Å². The molecule has 0 bridgehead atoms. The largest absolute Gasteiger partial charge is 0.494 e. The highest BCUT2D eigenvalue weighted by atomic mass is 16.5. The average Bonchev–Trinajstić information content (AvgIpc) is 3.25. The van der Waals surface area contributed by atoms with Gasteiger partial charge in [-0.25, -0.2) is 0 Å². The van der Waals surface area contributed by atoms with Crippen LogP contribution in [-0.4, -0.2) is 25.7 Å². The van der Waals surface area contributed by atoms with Crippen LogP contribution in [0.15, 0.2) is 53.5 Å². The van der Waals surface area contributed by atoms with Crippen LogP contribution in [0.1, 0.15) is 49.7 Å². The van der Waals surface area contributed by atoms with Crippen LogP contribution in [0.2, 0.25) is 0 Å². The minimum absolute atomic E-state index is 0.846. The minimum atomic E-state index is 0.846. The molecule has 4 heteroatoms. The van der Waals surface area contributed by atoms with E-state index in [1.807, 2.05) is 0 Å². The first-order valence-corrected chi connectivity index (χ1v) is 10.7. The summed E-state index contributed by atoms with van der Waals surface area (Å²) in [5.41, 5.74) is 3.68. The summed E-state index contributed by atoms with van der Waals surface area (Å²) < 4.78 is 5.97. The van der Waals surface area contributed by atoms with E-state index >= 15 is 0 Å². The van der Waals surface area contributed by atoms with Crippen LogP contribution in [0.25, 0.3) is 0 Å². The lowest BCUT2D eigenvalue weighted by Gasteiger charge is -2.21. The van der Waals surface area contributed by atoms with E-state index in [9.17, 15) is 0 Å². The lowest BCUT2D eigenvalue weighted by atomic mass is 9.87. The minimum Gasteiger partial charge on any atom is -0.494 e. The van der Waals surface area contributed by atoms with Crippen molar-refractivity contribution in [2.45, 2.75) is 44.9 Å². The van der Waals surface area contributed by atoms with Crippen molar-refractivity contribution >= 4 is 11.6 Å². The Bertz CT molecular complexity index is 761. The Morgan fingerprint density at radius 2 is 1.64 bits per heavy atom. The lowest BCUT2D eigenvalue weighted by molar-refractivity contribution is 0.246. The maximum absolute atomic E-state index is 5.97. The summed E-state index contributed by atoms with van der Waals surface area (Å²) in [5.74, 6) is 2.73. The highest BCUT2D eigenvalue weighted by Gasteiger charge is 2.13. The van der Waals surface area contributed by atoms with E-state index in [0.29, 0.717) is 0 Å². The number of anilines is 1. The number of nitrogens with one attached hydrogen (secondary N) is 2. The van der Waals surface area contributed by atoms with E-state index in [1.54, 1.807) is 0 Å². The Kier molecular flexibility index (Phi) is 6.48. The van der Waals surface area contributed by atoms with Crippen molar-refractivity contribution in [2.75, 3.05) is 25.0 Å². The molecule has 0 atom stereocenters. The first kappa shape index (κ1) is 18.9. The Labute approximate surface area is 168 Å². The normalized spacial score (nSPS) is 17.1. The smallest absolute Gasteiger partial charge is 0.195 e. The topological polar surface area (TPSA) is 45.7 Å². The number of hydrogen-bond acceptors (Lipinski definition) is 4. The van der Waals surface area contributed by atoms with Gasteiger partial charge in [-0.1, -0.05) is 56.4 Å². The van der Waals surface area contributed by atoms with Gasteiger partial charge in [-0.15, -0.1) is 0 Å². The van der Waals surface area contributed by atoms with Gasteiger partial charge in [-0.3, -0.25) is 4.99 Å².